The van der Waals surface area contributed by atoms with E-state index in [4.69, 9.17) is 10.6 Å². The molecule has 0 unspecified atom stereocenters. The highest BCUT2D eigenvalue weighted by Crippen LogP contribution is 2.26. The largest absolute Gasteiger partial charge is 0.497 e. The van der Waals surface area contributed by atoms with Gasteiger partial charge in [0.05, 0.1) is 7.11 Å². The van der Waals surface area contributed by atoms with Crippen LogP contribution in [0.3, 0.4) is 0 Å². The number of aromatic amines is 1. The monoisotopic (exact) mass is 230 g/mol. The number of nitrogens with two attached hydrogens (primary N) is 1. The van der Waals surface area contributed by atoms with Crippen molar-refractivity contribution >= 4 is 28.0 Å². The van der Waals surface area contributed by atoms with Crippen LogP contribution in [-0.2, 0) is 0 Å². The predicted octanol–water partition coefficient (Wildman–Crippen LogP) is 0.800. The molecule has 0 aliphatic heterocycles. The number of nitrogens with zero attached hydrogens (tertiary/aromatic N) is 3. The van der Waals surface area contributed by atoms with Crippen LogP contribution in [0.5, 0.6) is 5.75 Å². The zero-order valence-electron chi connectivity index (χ0n) is 9.06. The molecule has 0 spiro atoms. The number of hydrazine groups is 1. The van der Waals surface area contributed by atoms with E-state index in [9.17, 15) is 0 Å². The molecule has 1 aromatic carbocycles. The number of ether oxygens (including phenoxy) is 1. The molecule has 2 heterocycles. The van der Waals surface area contributed by atoms with Crippen LogP contribution < -0.4 is 16.0 Å². The molecule has 0 bridgehead atoms. The number of hydrogen-bond acceptors (Lipinski definition) is 6. The van der Waals surface area contributed by atoms with Gasteiger partial charge in [0.25, 0.3) is 5.95 Å². The third-order valence-corrected chi connectivity index (χ3v) is 2.55. The Labute approximate surface area is 96.0 Å². The number of nitrogen functional groups attached to an aromatic ring is 1. The SMILES string of the molecule is COc1ccc2[nH]c3nc(NN)nnc3c2c1. The number of benzene rings is 1. The first-order valence-corrected chi connectivity index (χ1v) is 4.98. The number of hydrogen-bond donors (Lipinski definition) is 3. The Morgan fingerprint density at radius 3 is 3.00 bits per heavy atom. The molecule has 2 aromatic heterocycles. The molecule has 17 heavy (non-hydrogen) atoms. The van der Waals surface area contributed by atoms with Gasteiger partial charge in [-0.15, -0.1) is 10.2 Å². The number of fused-ring (bicyclic) bond motifs is 3. The van der Waals surface area contributed by atoms with Crippen LogP contribution in [0.25, 0.3) is 22.1 Å². The second-order valence-electron chi connectivity index (χ2n) is 3.51. The highest BCUT2D eigenvalue weighted by molar-refractivity contribution is 6.03. The number of methoxy groups -OCH3 is 1. The maximum absolute atomic E-state index is 5.23. The molecule has 7 nitrogen and oxygen atoms in total. The van der Waals surface area contributed by atoms with Crippen LogP contribution in [0.2, 0.25) is 0 Å². The molecule has 3 rings (SSSR count). The lowest BCUT2D eigenvalue weighted by Gasteiger charge is -1.98. The van der Waals surface area contributed by atoms with Crippen molar-refractivity contribution in [3.05, 3.63) is 18.2 Å². The molecule has 0 amide bonds. The van der Waals surface area contributed by atoms with Gasteiger partial charge in [-0.2, -0.15) is 4.98 Å². The highest BCUT2D eigenvalue weighted by Gasteiger charge is 2.09. The van der Waals surface area contributed by atoms with E-state index in [0.717, 1.165) is 16.7 Å². The van der Waals surface area contributed by atoms with Gasteiger partial charge in [0.15, 0.2) is 5.65 Å². The molecule has 0 saturated carbocycles. The fraction of sp³-hybridized carbons (Fsp3) is 0.100. The molecule has 86 valence electrons. The Morgan fingerprint density at radius 1 is 1.35 bits per heavy atom. The number of H-pyrrole nitrogens is 1. The van der Waals surface area contributed by atoms with Gasteiger partial charge < -0.3 is 9.72 Å². The quantitative estimate of drug-likeness (QED) is 0.444. The van der Waals surface area contributed by atoms with Gasteiger partial charge in [0.1, 0.15) is 11.3 Å². The van der Waals surface area contributed by atoms with Crippen molar-refractivity contribution in [2.24, 2.45) is 5.84 Å². The average Bonchev–Trinajstić information content (AvgIpc) is 2.74. The molecular weight excluding hydrogens is 220 g/mol. The Kier molecular flexibility index (Phi) is 2.05. The topological polar surface area (TPSA) is 102 Å². The summed E-state index contributed by atoms with van der Waals surface area (Å²) in [5.74, 6) is 6.27. The zero-order valence-corrected chi connectivity index (χ0v) is 9.06. The van der Waals surface area contributed by atoms with Crippen LogP contribution >= 0.6 is 0 Å². The molecule has 3 aromatic rings. The summed E-state index contributed by atoms with van der Waals surface area (Å²) in [7, 11) is 1.62. The van der Waals surface area contributed by atoms with Crippen molar-refractivity contribution in [2.45, 2.75) is 0 Å². The van der Waals surface area contributed by atoms with Crippen LogP contribution in [0.1, 0.15) is 0 Å². The van der Waals surface area contributed by atoms with Crippen molar-refractivity contribution < 1.29 is 4.74 Å². The number of anilines is 1. The van der Waals surface area contributed by atoms with Crippen molar-refractivity contribution in [1.82, 2.24) is 20.2 Å². The lowest BCUT2D eigenvalue weighted by molar-refractivity contribution is 0.415. The number of aromatic nitrogens is 4. The maximum Gasteiger partial charge on any atom is 0.258 e. The zero-order chi connectivity index (χ0) is 11.8. The summed E-state index contributed by atoms with van der Waals surface area (Å²) in [4.78, 5) is 7.32. The minimum Gasteiger partial charge on any atom is -0.497 e. The standard InChI is InChI=1S/C10H10N6O/c1-17-5-2-3-7-6(4-5)8-9(12-7)13-10(14-11)16-15-8/h2-4H,11H2,1H3,(H2,12,13,14,16). The fourth-order valence-corrected chi connectivity index (χ4v) is 1.74. The molecule has 0 saturated heterocycles. The van der Waals surface area contributed by atoms with Gasteiger partial charge in [-0.1, -0.05) is 0 Å². The van der Waals surface area contributed by atoms with Crippen LogP contribution in [0.4, 0.5) is 5.95 Å². The summed E-state index contributed by atoms with van der Waals surface area (Å²) in [5.41, 5.74) is 4.61. The van der Waals surface area contributed by atoms with Gasteiger partial charge in [-0.25, -0.2) is 5.84 Å². The summed E-state index contributed by atoms with van der Waals surface area (Å²) in [6.45, 7) is 0. The number of nitrogens with one attached hydrogen (secondary N) is 2. The van der Waals surface area contributed by atoms with E-state index in [1.54, 1.807) is 7.11 Å². The Morgan fingerprint density at radius 2 is 2.24 bits per heavy atom. The van der Waals surface area contributed by atoms with Gasteiger partial charge in [0.2, 0.25) is 0 Å². The lowest BCUT2D eigenvalue weighted by atomic mass is 10.2. The summed E-state index contributed by atoms with van der Waals surface area (Å²) < 4.78 is 5.17. The van der Waals surface area contributed by atoms with Crippen LogP contribution in [0.15, 0.2) is 18.2 Å². The summed E-state index contributed by atoms with van der Waals surface area (Å²) in [6.07, 6.45) is 0. The van der Waals surface area contributed by atoms with E-state index in [-0.39, 0.29) is 5.95 Å². The smallest absolute Gasteiger partial charge is 0.258 e. The maximum atomic E-state index is 5.23. The van der Waals surface area contributed by atoms with Crippen LogP contribution in [0, 0.1) is 0 Å². The Hall–Kier alpha value is -2.41. The van der Waals surface area contributed by atoms with E-state index < -0.39 is 0 Å². The first-order valence-electron chi connectivity index (χ1n) is 4.98. The van der Waals surface area contributed by atoms with Crippen molar-refractivity contribution in [3.63, 3.8) is 0 Å². The van der Waals surface area contributed by atoms with E-state index in [2.05, 4.69) is 25.6 Å². The number of rotatable bonds is 2. The molecule has 0 fully saturated rings. The van der Waals surface area contributed by atoms with Crippen molar-refractivity contribution in [2.75, 3.05) is 12.5 Å². The second kappa shape index (κ2) is 3.56. The third kappa shape index (κ3) is 1.44. The van der Waals surface area contributed by atoms with E-state index in [0.29, 0.717) is 11.2 Å². The minimum absolute atomic E-state index is 0.274. The van der Waals surface area contributed by atoms with Gasteiger partial charge in [-0.3, -0.25) is 5.43 Å². The normalized spacial score (nSPS) is 10.9. The predicted molar refractivity (Wildman–Crippen MR) is 63.6 cm³/mol. The van der Waals surface area contributed by atoms with Gasteiger partial charge >= 0.3 is 0 Å². The molecule has 4 N–H and O–H groups in total. The average molecular weight is 230 g/mol. The van der Waals surface area contributed by atoms with Crippen LogP contribution in [-0.4, -0.2) is 27.3 Å². The van der Waals surface area contributed by atoms with Gasteiger partial charge in [-0.05, 0) is 18.2 Å². The molecular formula is C10H10N6O. The second-order valence-corrected chi connectivity index (χ2v) is 3.51. The lowest BCUT2D eigenvalue weighted by Crippen LogP contribution is -2.11. The molecule has 0 radical (unpaired) electrons. The molecule has 0 aliphatic carbocycles. The van der Waals surface area contributed by atoms with Crippen molar-refractivity contribution in [3.8, 4) is 5.75 Å². The highest BCUT2D eigenvalue weighted by atomic mass is 16.5. The summed E-state index contributed by atoms with van der Waals surface area (Å²) in [5, 5.41) is 8.84. The summed E-state index contributed by atoms with van der Waals surface area (Å²) >= 11 is 0. The molecule has 7 heteroatoms. The molecule has 0 atom stereocenters. The third-order valence-electron chi connectivity index (χ3n) is 2.55. The molecule has 0 aliphatic rings. The van der Waals surface area contributed by atoms with E-state index >= 15 is 0 Å². The van der Waals surface area contributed by atoms with E-state index in [1.807, 2.05) is 18.2 Å². The van der Waals surface area contributed by atoms with E-state index in [1.165, 1.54) is 0 Å². The fourth-order valence-electron chi connectivity index (χ4n) is 1.74. The minimum atomic E-state index is 0.274. The first kappa shape index (κ1) is 9.79. The van der Waals surface area contributed by atoms with Gasteiger partial charge in [0, 0.05) is 10.9 Å². The Balaban J connectivity index is 2.34. The Bertz CT molecular complexity index is 692. The van der Waals surface area contributed by atoms with Crippen molar-refractivity contribution in [1.29, 1.82) is 0 Å². The first-order chi connectivity index (χ1) is 8.31. The summed E-state index contributed by atoms with van der Waals surface area (Å²) in [6, 6.07) is 5.67.